The van der Waals surface area contributed by atoms with Gasteiger partial charge in [0.2, 0.25) is 0 Å². The molecule has 2 N–H and O–H groups in total. The third-order valence-electron chi connectivity index (χ3n) is 6.86. The number of hydrogen-bond donors (Lipinski definition) is 2. The van der Waals surface area contributed by atoms with Gasteiger partial charge < -0.3 is 19.7 Å². The number of amides is 1. The van der Waals surface area contributed by atoms with E-state index in [9.17, 15) is 9.90 Å². The van der Waals surface area contributed by atoms with Gasteiger partial charge in [-0.15, -0.1) is 11.3 Å². The number of nitrogens with one attached hydrogen (secondary N) is 1. The Bertz CT molecular complexity index is 1090. The predicted molar refractivity (Wildman–Crippen MR) is 128 cm³/mol. The van der Waals surface area contributed by atoms with Crippen molar-refractivity contribution in [3.63, 3.8) is 0 Å². The minimum atomic E-state index is -0.823. The smallest absolute Gasteiger partial charge is 0.287 e. The van der Waals surface area contributed by atoms with Gasteiger partial charge in [0, 0.05) is 29.9 Å². The molecular formula is C26H30N2O3S. The van der Waals surface area contributed by atoms with Gasteiger partial charge in [0.1, 0.15) is 5.58 Å². The van der Waals surface area contributed by atoms with E-state index < -0.39 is 5.60 Å². The average Bonchev–Trinajstić information content (AvgIpc) is 3.49. The summed E-state index contributed by atoms with van der Waals surface area (Å²) in [5.74, 6) is 0.829. The SMILES string of the molecule is O=C(NCc1cccs1)c1cc2cc(C3(O)CCN(CC4CC=CCC4)CC3)ccc2o1. The van der Waals surface area contributed by atoms with Crippen molar-refractivity contribution in [2.24, 2.45) is 5.92 Å². The standard InChI is InChI=1S/C26H30N2O3S/c29-25(27-17-22-7-4-14-32-22)24-16-20-15-21(8-9-23(20)31-24)26(30)10-12-28(13-11-26)18-19-5-2-1-3-6-19/h1-2,4,7-9,14-16,19,30H,3,5-6,10-13,17-18H2,(H,27,29). The first-order valence-electron chi connectivity index (χ1n) is 11.5. The van der Waals surface area contributed by atoms with Gasteiger partial charge in [-0.2, -0.15) is 0 Å². The molecule has 3 aromatic rings. The Kier molecular flexibility index (Phi) is 6.17. The molecule has 1 aliphatic heterocycles. The number of piperidine rings is 1. The third-order valence-corrected chi connectivity index (χ3v) is 7.73. The Balaban J connectivity index is 1.23. The Morgan fingerprint density at radius 3 is 2.84 bits per heavy atom. The Morgan fingerprint density at radius 1 is 1.22 bits per heavy atom. The van der Waals surface area contributed by atoms with Crippen LogP contribution in [-0.2, 0) is 12.1 Å². The lowest BCUT2D eigenvalue weighted by atomic mass is 9.83. The first-order chi connectivity index (χ1) is 15.6. The Hall–Kier alpha value is -2.41. The van der Waals surface area contributed by atoms with Crippen molar-refractivity contribution in [2.45, 2.75) is 44.2 Å². The number of nitrogens with zero attached hydrogens (tertiary/aromatic N) is 1. The zero-order valence-corrected chi connectivity index (χ0v) is 19.1. The highest BCUT2D eigenvalue weighted by Gasteiger charge is 2.34. The summed E-state index contributed by atoms with van der Waals surface area (Å²) < 4.78 is 5.77. The summed E-state index contributed by atoms with van der Waals surface area (Å²) in [5, 5.41) is 17.1. The molecule has 5 nitrogen and oxygen atoms in total. The number of thiophene rings is 1. The van der Waals surface area contributed by atoms with Gasteiger partial charge in [0.25, 0.3) is 5.91 Å². The van der Waals surface area contributed by atoms with Crippen LogP contribution in [0.15, 0.2) is 58.3 Å². The first-order valence-corrected chi connectivity index (χ1v) is 12.4. The van der Waals surface area contributed by atoms with Crippen LogP contribution in [0.1, 0.15) is 53.1 Å². The summed E-state index contributed by atoms with van der Waals surface area (Å²) >= 11 is 1.61. The van der Waals surface area contributed by atoms with E-state index in [2.05, 4.69) is 22.4 Å². The maximum atomic E-state index is 12.5. The molecule has 1 fully saturated rings. The van der Waals surface area contributed by atoms with Crippen molar-refractivity contribution in [2.75, 3.05) is 19.6 Å². The molecule has 2 aliphatic rings. The summed E-state index contributed by atoms with van der Waals surface area (Å²) in [6, 6.07) is 11.5. The second-order valence-electron chi connectivity index (χ2n) is 9.11. The minimum absolute atomic E-state index is 0.222. The fourth-order valence-electron chi connectivity index (χ4n) is 4.89. The molecule has 1 aliphatic carbocycles. The lowest BCUT2D eigenvalue weighted by molar-refractivity contribution is -0.0289. The van der Waals surface area contributed by atoms with Crippen molar-refractivity contribution in [3.05, 3.63) is 70.1 Å². The number of carbonyl (C=O) groups excluding carboxylic acids is 1. The highest BCUT2D eigenvalue weighted by Crippen LogP contribution is 2.35. The van der Waals surface area contributed by atoms with Crippen molar-refractivity contribution in [1.82, 2.24) is 10.2 Å². The molecule has 3 heterocycles. The topological polar surface area (TPSA) is 65.7 Å². The number of likely N-dealkylation sites (tertiary alicyclic amines) is 1. The first kappa shape index (κ1) is 21.4. The number of carbonyl (C=O) groups is 1. The highest BCUT2D eigenvalue weighted by molar-refractivity contribution is 7.09. The molecule has 1 aromatic carbocycles. The number of benzene rings is 1. The lowest BCUT2D eigenvalue weighted by Gasteiger charge is -2.40. The van der Waals surface area contributed by atoms with Crippen LogP contribution in [0.5, 0.6) is 0 Å². The Morgan fingerprint density at radius 2 is 2.09 bits per heavy atom. The second-order valence-corrected chi connectivity index (χ2v) is 10.1. The van der Waals surface area contributed by atoms with Crippen LogP contribution >= 0.6 is 11.3 Å². The largest absolute Gasteiger partial charge is 0.451 e. The maximum Gasteiger partial charge on any atom is 0.287 e. The van der Waals surface area contributed by atoms with E-state index in [1.807, 2.05) is 35.7 Å². The number of furan rings is 1. The summed E-state index contributed by atoms with van der Waals surface area (Å²) in [4.78, 5) is 16.1. The quantitative estimate of drug-likeness (QED) is 0.515. The number of aliphatic hydroxyl groups is 1. The van der Waals surface area contributed by atoms with Gasteiger partial charge in [0.15, 0.2) is 5.76 Å². The predicted octanol–water partition coefficient (Wildman–Crippen LogP) is 5.06. The van der Waals surface area contributed by atoms with E-state index in [0.29, 0.717) is 17.9 Å². The van der Waals surface area contributed by atoms with Crippen molar-refractivity contribution >= 4 is 28.2 Å². The molecule has 1 amide bonds. The van der Waals surface area contributed by atoms with Gasteiger partial charge in [0.05, 0.1) is 12.1 Å². The molecule has 32 heavy (non-hydrogen) atoms. The molecule has 1 atom stereocenters. The molecule has 5 rings (SSSR count). The molecule has 1 saturated heterocycles. The molecule has 0 spiro atoms. The summed E-state index contributed by atoms with van der Waals surface area (Å²) in [6.07, 6.45) is 9.71. The summed E-state index contributed by atoms with van der Waals surface area (Å²) in [5.41, 5.74) is 0.758. The minimum Gasteiger partial charge on any atom is -0.451 e. The van der Waals surface area contributed by atoms with Crippen LogP contribution in [0.25, 0.3) is 11.0 Å². The molecule has 0 saturated carbocycles. The molecule has 168 valence electrons. The summed E-state index contributed by atoms with van der Waals surface area (Å²) in [6.45, 7) is 3.45. The Labute approximate surface area is 192 Å². The lowest BCUT2D eigenvalue weighted by Crippen LogP contribution is -2.44. The summed E-state index contributed by atoms with van der Waals surface area (Å²) in [7, 11) is 0. The van der Waals surface area contributed by atoms with Crippen LogP contribution in [0.2, 0.25) is 0 Å². The molecular weight excluding hydrogens is 420 g/mol. The van der Waals surface area contributed by atoms with Crippen molar-refractivity contribution < 1.29 is 14.3 Å². The molecule has 1 unspecified atom stereocenters. The average molecular weight is 451 g/mol. The number of rotatable bonds is 6. The number of allylic oxidation sites excluding steroid dienone is 2. The zero-order chi connectivity index (χ0) is 22.0. The maximum absolute atomic E-state index is 12.5. The van der Waals surface area contributed by atoms with Crippen LogP contribution < -0.4 is 5.32 Å². The van der Waals surface area contributed by atoms with Crippen molar-refractivity contribution in [3.8, 4) is 0 Å². The second kappa shape index (κ2) is 9.22. The monoisotopic (exact) mass is 450 g/mol. The van der Waals surface area contributed by atoms with Crippen LogP contribution in [0.4, 0.5) is 0 Å². The van der Waals surface area contributed by atoms with Crippen molar-refractivity contribution in [1.29, 1.82) is 0 Å². The van der Waals surface area contributed by atoms with Crippen LogP contribution in [0.3, 0.4) is 0 Å². The fourth-order valence-corrected chi connectivity index (χ4v) is 5.54. The van der Waals surface area contributed by atoms with E-state index in [0.717, 1.165) is 54.2 Å². The van der Waals surface area contributed by atoms with E-state index in [4.69, 9.17) is 4.42 Å². The third kappa shape index (κ3) is 4.68. The zero-order valence-electron chi connectivity index (χ0n) is 18.3. The van der Waals surface area contributed by atoms with Gasteiger partial charge in [-0.05, 0) is 73.2 Å². The molecule has 0 radical (unpaired) electrons. The molecule has 6 heteroatoms. The molecule has 0 bridgehead atoms. The van der Waals surface area contributed by atoms with E-state index in [1.165, 1.54) is 19.3 Å². The van der Waals surface area contributed by atoms with Gasteiger partial charge in [-0.1, -0.05) is 24.3 Å². The molecule has 2 aromatic heterocycles. The van der Waals surface area contributed by atoms with E-state index in [1.54, 1.807) is 17.4 Å². The number of hydrogen-bond acceptors (Lipinski definition) is 5. The van der Waals surface area contributed by atoms with Gasteiger partial charge in [-0.25, -0.2) is 0 Å². The van der Waals surface area contributed by atoms with Gasteiger partial charge >= 0.3 is 0 Å². The highest BCUT2D eigenvalue weighted by atomic mass is 32.1. The normalized spacial score (nSPS) is 21.1. The van der Waals surface area contributed by atoms with Crippen LogP contribution in [-0.4, -0.2) is 35.5 Å². The van der Waals surface area contributed by atoms with E-state index >= 15 is 0 Å². The number of fused-ring (bicyclic) bond motifs is 1. The van der Waals surface area contributed by atoms with Gasteiger partial charge in [-0.3, -0.25) is 4.79 Å². The fraction of sp³-hybridized carbons (Fsp3) is 0.423. The van der Waals surface area contributed by atoms with E-state index in [-0.39, 0.29) is 5.91 Å². The van der Waals surface area contributed by atoms with Crippen LogP contribution in [0, 0.1) is 5.92 Å².